The summed E-state index contributed by atoms with van der Waals surface area (Å²) in [4.78, 5) is 24.5. The number of hydrogen-bond donors (Lipinski definition) is 1. The van der Waals surface area contributed by atoms with Gasteiger partial charge in [0.2, 0.25) is 11.1 Å². The Morgan fingerprint density at radius 1 is 1.30 bits per heavy atom. The number of rotatable bonds is 9. The van der Waals surface area contributed by atoms with Crippen molar-refractivity contribution in [3.63, 3.8) is 0 Å². The van der Waals surface area contributed by atoms with E-state index in [0.717, 1.165) is 37.7 Å². The van der Waals surface area contributed by atoms with E-state index < -0.39 is 5.97 Å². The number of tetrazole rings is 1. The number of carbonyl (C=O) groups is 2. The molecule has 0 atom stereocenters. The summed E-state index contributed by atoms with van der Waals surface area (Å²) >= 11 is 1.16. The first kappa shape index (κ1) is 16.4. The van der Waals surface area contributed by atoms with Gasteiger partial charge in [-0.25, -0.2) is 4.68 Å². The third-order valence-electron chi connectivity index (χ3n) is 2.45. The van der Waals surface area contributed by atoms with Crippen molar-refractivity contribution in [2.45, 2.75) is 38.4 Å². The van der Waals surface area contributed by atoms with Gasteiger partial charge in [-0.3, -0.25) is 9.59 Å². The molecule has 1 heterocycles. The maximum Gasteiger partial charge on any atom is 0.325 e. The Bertz CT molecular complexity index is 445. The molecule has 0 bridgehead atoms. The first-order valence-corrected chi connectivity index (χ1v) is 7.45. The van der Waals surface area contributed by atoms with E-state index in [1.54, 1.807) is 4.90 Å². The van der Waals surface area contributed by atoms with Gasteiger partial charge in [-0.15, -0.1) is 5.10 Å². The largest absolute Gasteiger partial charge is 0.480 e. The van der Waals surface area contributed by atoms with Gasteiger partial charge in [-0.1, -0.05) is 25.6 Å². The fourth-order valence-corrected chi connectivity index (χ4v) is 2.43. The molecule has 0 spiro atoms. The molecule has 1 rings (SSSR count). The average Bonchev–Trinajstić information content (AvgIpc) is 2.82. The van der Waals surface area contributed by atoms with Crippen LogP contribution in [-0.4, -0.2) is 60.9 Å². The maximum atomic E-state index is 12.1. The molecule has 1 aromatic heterocycles. The van der Waals surface area contributed by atoms with E-state index in [9.17, 15) is 9.59 Å². The number of thioether (sulfide) groups is 1. The second-order valence-electron chi connectivity index (χ2n) is 4.18. The Balaban J connectivity index is 2.55. The predicted molar refractivity (Wildman–Crippen MR) is 73.3 cm³/mol. The van der Waals surface area contributed by atoms with Crippen LogP contribution in [0.15, 0.2) is 5.16 Å². The highest BCUT2D eigenvalue weighted by Crippen LogP contribution is 2.14. The molecule has 0 aromatic carbocycles. The minimum atomic E-state index is -1.02. The van der Waals surface area contributed by atoms with Crippen molar-refractivity contribution >= 4 is 23.6 Å². The fraction of sp³-hybridized carbons (Fsp3) is 0.727. The number of hydrogen-bond acceptors (Lipinski definition) is 6. The molecule has 112 valence electrons. The molecular formula is C11H19N5O3S. The lowest BCUT2D eigenvalue weighted by Gasteiger charge is -2.20. The van der Waals surface area contributed by atoms with Crippen molar-refractivity contribution in [2.75, 3.05) is 18.8 Å². The molecule has 9 heteroatoms. The topological polar surface area (TPSA) is 101 Å². The summed E-state index contributed by atoms with van der Waals surface area (Å²) in [5.41, 5.74) is 0. The van der Waals surface area contributed by atoms with E-state index in [1.165, 1.54) is 4.68 Å². The summed E-state index contributed by atoms with van der Waals surface area (Å²) in [6, 6.07) is 0. The van der Waals surface area contributed by atoms with E-state index in [4.69, 9.17) is 5.11 Å². The number of aromatic nitrogens is 4. The molecule has 0 aliphatic heterocycles. The number of nitrogens with zero attached hydrogens (tertiary/aromatic N) is 5. The minimum Gasteiger partial charge on any atom is -0.480 e. The Kier molecular flexibility index (Phi) is 6.99. The second kappa shape index (κ2) is 8.51. The minimum absolute atomic E-state index is 0.0172. The lowest BCUT2D eigenvalue weighted by molar-refractivity contribution is -0.138. The molecule has 0 fully saturated rings. The molecule has 0 unspecified atom stereocenters. The van der Waals surface area contributed by atoms with Gasteiger partial charge < -0.3 is 10.0 Å². The summed E-state index contributed by atoms with van der Waals surface area (Å²) in [6.45, 7) is 5.20. The predicted octanol–water partition coefficient (Wildman–Crippen LogP) is 0.498. The molecule has 20 heavy (non-hydrogen) atoms. The van der Waals surface area contributed by atoms with Gasteiger partial charge in [0.05, 0.1) is 5.75 Å². The van der Waals surface area contributed by atoms with Gasteiger partial charge in [-0.05, 0) is 23.3 Å². The van der Waals surface area contributed by atoms with Gasteiger partial charge >= 0.3 is 5.97 Å². The van der Waals surface area contributed by atoms with Crippen LogP contribution in [-0.2, 0) is 16.1 Å². The van der Waals surface area contributed by atoms with Crippen LogP contribution >= 0.6 is 11.8 Å². The standard InChI is InChI=1S/C11H19N5O3S/c1-3-5-15(6-4-2)9(17)8-20-11-12-13-14-16(11)7-10(18)19/h3-8H2,1-2H3,(H,18,19). The van der Waals surface area contributed by atoms with Gasteiger partial charge in [-0.2, -0.15) is 0 Å². The Morgan fingerprint density at radius 3 is 2.50 bits per heavy atom. The first-order chi connectivity index (χ1) is 9.58. The number of amides is 1. The molecule has 0 saturated carbocycles. The number of carboxylic acid groups (broad SMARTS) is 1. The maximum absolute atomic E-state index is 12.1. The van der Waals surface area contributed by atoms with Gasteiger partial charge in [0, 0.05) is 13.1 Å². The van der Waals surface area contributed by atoms with Crippen molar-refractivity contribution < 1.29 is 14.7 Å². The monoisotopic (exact) mass is 301 g/mol. The van der Waals surface area contributed by atoms with Crippen LogP contribution in [0.1, 0.15) is 26.7 Å². The number of aliphatic carboxylic acids is 1. The van der Waals surface area contributed by atoms with E-state index >= 15 is 0 Å². The van der Waals surface area contributed by atoms with E-state index in [1.807, 2.05) is 13.8 Å². The molecule has 8 nitrogen and oxygen atoms in total. The third-order valence-corrected chi connectivity index (χ3v) is 3.39. The summed E-state index contributed by atoms with van der Waals surface area (Å²) in [6.07, 6.45) is 1.82. The van der Waals surface area contributed by atoms with Gasteiger partial charge in [0.1, 0.15) is 6.54 Å². The molecule has 0 aliphatic rings. The third kappa shape index (κ3) is 5.16. The van der Waals surface area contributed by atoms with Gasteiger partial charge in [0.25, 0.3) is 0 Å². The van der Waals surface area contributed by atoms with Crippen LogP contribution in [0, 0.1) is 0 Å². The highest BCUT2D eigenvalue weighted by atomic mass is 32.2. The highest BCUT2D eigenvalue weighted by Gasteiger charge is 2.15. The average molecular weight is 301 g/mol. The molecule has 0 aliphatic carbocycles. The Morgan fingerprint density at radius 2 is 1.95 bits per heavy atom. The van der Waals surface area contributed by atoms with E-state index in [0.29, 0.717) is 5.16 Å². The number of carboxylic acids is 1. The normalized spacial score (nSPS) is 10.5. The number of carbonyl (C=O) groups excluding carboxylic acids is 1. The van der Waals surface area contributed by atoms with Crippen molar-refractivity contribution in [3.05, 3.63) is 0 Å². The summed E-state index contributed by atoms with van der Waals surface area (Å²) in [5, 5.41) is 19.8. The van der Waals surface area contributed by atoms with Crippen LogP contribution in [0.4, 0.5) is 0 Å². The molecule has 1 amide bonds. The van der Waals surface area contributed by atoms with Crippen molar-refractivity contribution in [3.8, 4) is 0 Å². The first-order valence-electron chi connectivity index (χ1n) is 6.47. The van der Waals surface area contributed by atoms with Crippen LogP contribution in [0.3, 0.4) is 0 Å². The summed E-state index contributed by atoms with van der Waals surface area (Å²) in [7, 11) is 0. The zero-order chi connectivity index (χ0) is 15.0. The fourth-order valence-electron chi connectivity index (χ4n) is 1.65. The Hall–Kier alpha value is -1.64. The quantitative estimate of drug-likeness (QED) is 0.663. The van der Waals surface area contributed by atoms with E-state index in [2.05, 4.69) is 15.5 Å². The molecule has 0 saturated heterocycles. The SMILES string of the molecule is CCCN(CCC)C(=O)CSc1nnnn1CC(=O)O. The lowest BCUT2D eigenvalue weighted by atomic mass is 10.3. The molecule has 1 aromatic rings. The molecule has 1 N–H and O–H groups in total. The highest BCUT2D eigenvalue weighted by molar-refractivity contribution is 7.99. The molecule has 0 radical (unpaired) electrons. The zero-order valence-electron chi connectivity index (χ0n) is 11.7. The summed E-state index contributed by atoms with van der Waals surface area (Å²) in [5.74, 6) is -0.798. The second-order valence-corrected chi connectivity index (χ2v) is 5.12. The van der Waals surface area contributed by atoms with Gasteiger partial charge in [0.15, 0.2) is 0 Å². The van der Waals surface area contributed by atoms with Crippen LogP contribution in [0.25, 0.3) is 0 Å². The van der Waals surface area contributed by atoms with Crippen molar-refractivity contribution in [2.24, 2.45) is 0 Å². The van der Waals surface area contributed by atoms with Crippen molar-refractivity contribution in [1.29, 1.82) is 0 Å². The van der Waals surface area contributed by atoms with Crippen LogP contribution in [0.2, 0.25) is 0 Å². The Labute approximate surface area is 121 Å². The van der Waals surface area contributed by atoms with E-state index in [-0.39, 0.29) is 18.2 Å². The molecular weight excluding hydrogens is 282 g/mol. The zero-order valence-corrected chi connectivity index (χ0v) is 12.5. The van der Waals surface area contributed by atoms with Crippen LogP contribution < -0.4 is 0 Å². The van der Waals surface area contributed by atoms with Crippen LogP contribution in [0.5, 0.6) is 0 Å². The van der Waals surface area contributed by atoms with Crippen molar-refractivity contribution in [1.82, 2.24) is 25.1 Å². The summed E-state index contributed by atoms with van der Waals surface area (Å²) < 4.78 is 1.17. The lowest BCUT2D eigenvalue weighted by Crippen LogP contribution is -2.33. The smallest absolute Gasteiger partial charge is 0.325 e.